The highest BCUT2D eigenvalue weighted by molar-refractivity contribution is 6.28. The number of nitrogens with two attached hydrogens (primary N) is 1. The normalized spacial score (nSPS) is 28.8. The summed E-state index contributed by atoms with van der Waals surface area (Å²) in [5, 5.41) is 28.8. The van der Waals surface area contributed by atoms with Crippen molar-refractivity contribution in [3.8, 4) is 0 Å². The highest BCUT2D eigenvalue weighted by Crippen LogP contribution is 2.32. The first-order chi connectivity index (χ1) is 9.52. The molecule has 1 fully saturated rings. The van der Waals surface area contributed by atoms with Gasteiger partial charge in [0, 0.05) is 0 Å². The molecule has 10 nitrogen and oxygen atoms in total. The van der Waals surface area contributed by atoms with E-state index >= 15 is 0 Å². The zero-order valence-corrected chi connectivity index (χ0v) is 11.3. The average Bonchev–Trinajstić information content (AvgIpc) is 2.93. The van der Waals surface area contributed by atoms with Crippen LogP contribution in [0.5, 0.6) is 0 Å². The number of hydrogen-bond acceptors (Lipinski definition) is 8. The number of ether oxygens (including phenoxy) is 1. The van der Waals surface area contributed by atoms with Crippen LogP contribution < -0.4 is 5.73 Å². The minimum atomic E-state index is -1.24. The first-order valence-electron chi connectivity index (χ1n) is 5.81. The molecule has 116 valence electrons. The first-order valence-corrected chi connectivity index (χ1v) is 6.18. The maximum atomic E-state index is 9.99. The molecule has 2 aromatic rings. The zero-order valence-electron chi connectivity index (χ0n) is 10.6. The van der Waals surface area contributed by atoms with E-state index < -0.39 is 31.1 Å². The summed E-state index contributed by atoms with van der Waals surface area (Å²) in [5.74, 6) is 0.102. The van der Waals surface area contributed by atoms with Gasteiger partial charge in [-0.25, -0.2) is 4.98 Å². The average molecular weight is 320 g/mol. The molecule has 7 N–H and O–H groups in total. The fourth-order valence-electron chi connectivity index (χ4n) is 2.21. The Balaban J connectivity index is 0.00000161. The maximum Gasteiger partial charge on any atom is 0.226 e. The van der Waals surface area contributed by atoms with E-state index in [1.165, 1.54) is 10.9 Å². The van der Waals surface area contributed by atoms with Gasteiger partial charge in [-0.3, -0.25) is 4.57 Å². The van der Waals surface area contributed by atoms with Gasteiger partial charge in [0.15, 0.2) is 17.7 Å². The Morgan fingerprint density at radius 1 is 1.33 bits per heavy atom. The van der Waals surface area contributed by atoms with Crippen molar-refractivity contribution in [1.82, 2.24) is 19.5 Å². The molecule has 3 heterocycles. The second-order valence-corrected chi connectivity index (χ2v) is 4.77. The monoisotopic (exact) mass is 319 g/mol. The van der Waals surface area contributed by atoms with Crippen molar-refractivity contribution >= 4 is 28.6 Å². The van der Waals surface area contributed by atoms with Gasteiger partial charge in [-0.15, -0.1) is 0 Å². The Kier molecular flexibility index (Phi) is 4.27. The number of nitrogens with zero attached hydrogens (tertiary/aromatic N) is 4. The predicted molar refractivity (Wildman–Crippen MR) is 71.4 cm³/mol. The molecule has 11 heteroatoms. The van der Waals surface area contributed by atoms with E-state index in [4.69, 9.17) is 27.2 Å². The Labute approximate surface area is 123 Å². The Hall–Kier alpha value is -1.56. The van der Waals surface area contributed by atoms with E-state index in [2.05, 4.69) is 15.0 Å². The van der Waals surface area contributed by atoms with Gasteiger partial charge in [-0.05, 0) is 11.6 Å². The lowest BCUT2D eigenvalue weighted by Gasteiger charge is -2.16. The Morgan fingerprint density at radius 2 is 2.05 bits per heavy atom. The van der Waals surface area contributed by atoms with Crippen LogP contribution in [0.3, 0.4) is 0 Å². The molecule has 0 saturated carbocycles. The zero-order chi connectivity index (χ0) is 14.4. The lowest BCUT2D eigenvalue weighted by atomic mass is 10.1. The van der Waals surface area contributed by atoms with Crippen LogP contribution in [0.4, 0.5) is 5.82 Å². The minimum absolute atomic E-state index is 0. The van der Waals surface area contributed by atoms with Crippen molar-refractivity contribution in [2.45, 2.75) is 24.5 Å². The fourth-order valence-corrected chi connectivity index (χ4v) is 2.38. The maximum absolute atomic E-state index is 9.99. The van der Waals surface area contributed by atoms with Gasteiger partial charge < -0.3 is 31.3 Å². The molecule has 21 heavy (non-hydrogen) atoms. The molecule has 2 aromatic heterocycles. The molecule has 0 radical (unpaired) electrons. The number of aliphatic hydroxyl groups excluding tert-OH is 3. The van der Waals surface area contributed by atoms with Gasteiger partial charge in [0.05, 0.1) is 12.9 Å². The number of fused-ring (bicyclic) bond motifs is 1. The lowest BCUT2D eigenvalue weighted by Crippen LogP contribution is -2.33. The molecule has 0 aliphatic carbocycles. The number of rotatable bonds is 2. The third-order valence-corrected chi connectivity index (χ3v) is 3.38. The van der Waals surface area contributed by atoms with Crippen molar-refractivity contribution in [2.24, 2.45) is 0 Å². The largest absolute Gasteiger partial charge is 0.412 e. The van der Waals surface area contributed by atoms with Crippen LogP contribution in [0.1, 0.15) is 6.23 Å². The van der Waals surface area contributed by atoms with Crippen molar-refractivity contribution in [3.63, 3.8) is 0 Å². The van der Waals surface area contributed by atoms with E-state index in [1.54, 1.807) is 0 Å². The summed E-state index contributed by atoms with van der Waals surface area (Å²) in [5.41, 5.74) is 6.27. The Bertz CT molecular complexity index is 652. The molecule has 3 rings (SSSR count). The predicted octanol–water partition coefficient (Wildman–Crippen LogP) is -2.15. The number of nitrogen functional groups attached to an aromatic ring is 1. The molecule has 1 aliphatic rings. The van der Waals surface area contributed by atoms with Crippen molar-refractivity contribution in [2.75, 3.05) is 12.3 Å². The molecule has 0 aromatic carbocycles. The first kappa shape index (κ1) is 15.8. The number of halogens is 1. The van der Waals surface area contributed by atoms with Gasteiger partial charge in [-0.2, -0.15) is 9.97 Å². The van der Waals surface area contributed by atoms with Crippen LogP contribution in [0, 0.1) is 0 Å². The van der Waals surface area contributed by atoms with Crippen molar-refractivity contribution in [3.05, 3.63) is 11.6 Å². The van der Waals surface area contributed by atoms with Crippen LogP contribution in [-0.2, 0) is 4.74 Å². The molecular formula is C10H14ClN5O5. The van der Waals surface area contributed by atoms with Gasteiger partial charge >= 0.3 is 0 Å². The number of aliphatic hydroxyl groups is 3. The summed E-state index contributed by atoms with van der Waals surface area (Å²) in [7, 11) is 0. The SMILES string of the molecule is Nc1nc(Cl)nc2c1ncn2[C@H]1O[C@@H](CO)[C@H](O)[C@@H]1O.O. The van der Waals surface area contributed by atoms with E-state index in [0.29, 0.717) is 5.52 Å². The fraction of sp³-hybridized carbons (Fsp3) is 0.500. The molecule has 4 atom stereocenters. The lowest BCUT2D eigenvalue weighted by molar-refractivity contribution is -0.0511. The second-order valence-electron chi connectivity index (χ2n) is 4.43. The molecular weight excluding hydrogens is 306 g/mol. The van der Waals surface area contributed by atoms with Crippen LogP contribution in [0.2, 0.25) is 5.28 Å². The summed E-state index contributed by atoms with van der Waals surface area (Å²) < 4.78 is 6.79. The molecule has 1 saturated heterocycles. The number of imidazole rings is 1. The smallest absolute Gasteiger partial charge is 0.226 e. The van der Waals surface area contributed by atoms with Crippen LogP contribution in [-0.4, -0.2) is 65.2 Å². The molecule has 0 bridgehead atoms. The quantitative estimate of drug-likeness (QED) is 0.453. The van der Waals surface area contributed by atoms with Gasteiger partial charge in [0.25, 0.3) is 0 Å². The summed E-state index contributed by atoms with van der Waals surface area (Å²) in [4.78, 5) is 11.8. The van der Waals surface area contributed by atoms with E-state index in [-0.39, 0.29) is 22.2 Å². The highest BCUT2D eigenvalue weighted by atomic mass is 35.5. The minimum Gasteiger partial charge on any atom is -0.412 e. The number of anilines is 1. The van der Waals surface area contributed by atoms with E-state index in [9.17, 15) is 10.2 Å². The highest BCUT2D eigenvalue weighted by Gasteiger charge is 2.44. The van der Waals surface area contributed by atoms with Gasteiger partial charge in [0.2, 0.25) is 5.28 Å². The summed E-state index contributed by atoms with van der Waals surface area (Å²) in [6, 6.07) is 0. The standard InChI is InChI=1S/C10H12ClN5O4.H2O/c11-10-14-7(12)4-8(15-10)16(2-13-4)9-6(19)5(18)3(1-17)20-9;/h2-3,5-6,9,17-19H,1H2,(H2,12,14,15);1H2/t3-,5-,6-,9-;/m0./s1. The third-order valence-electron chi connectivity index (χ3n) is 3.21. The molecule has 0 spiro atoms. The van der Waals surface area contributed by atoms with Gasteiger partial charge in [0.1, 0.15) is 23.8 Å². The van der Waals surface area contributed by atoms with Crippen LogP contribution >= 0.6 is 11.6 Å². The van der Waals surface area contributed by atoms with Crippen LogP contribution in [0.25, 0.3) is 11.2 Å². The summed E-state index contributed by atoms with van der Waals surface area (Å²) >= 11 is 5.74. The number of aromatic nitrogens is 4. The van der Waals surface area contributed by atoms with Crippen molar-refractivity contribution in [1.29, 1.82) is 0 Å². The molecule has 0 unspecified atom stereocenters. The van der Waals surface area contributed by atoms with Crippen LogP contribution in [0.15, 0.2) is 6.33 Å². The van der Waals surface area contributed by atoms with E-state index in [1.807, 2.05) is 0 Å². The Morgan fingerprint density at radius 3 is 2.67 bits per heavy atom. The number of hydrogen-bond donors (Lipinski definition) is 4. The van der Waals surface area contributed by atoms with Gasteiger partial charge in [-0.1, -0.05) is 0 Å². The third kappa shape index (κ3) is 2.41. The molecule has 1 aliphatic heterocycles. The second kappa shape index (κ2) is 5.67. The summed E-state index contributed by atoms with van der Waals surface area (Å²) in [6.07, 6.45) is -2.93. The van der Waals surface area contributed by atoms with Crippen molar-refractivity contribution < 1.29 is 25.5 Å². The van der Waals surface area contributed by atoms with E-state index in [0.717, 1.165) is 0 Å². The molecule has 0 amide bonds. The summed E-state index contributed by atoms with van der Waals surface area (Å²) in [6.45, 7) is -0.417. The topological polar surface area (TPSA) is 171 Å².